The second-order valence-electron chi connectivity index (χ2n) is 7.24. The van der Waals surface area contributed by atoms with Crippen molar-refractivity contribution >= 4 is 17.2 Å². The van der Waals surface area contributed by atoms with Gasteiger partial charge in [-0.3, -0.25) is 4.79 Å². The summed E-state index contributed by atoms with van der Waals surface area (Å²) in [7, 11) is 5.21. The van der Waals surface area contributed by atoms with Crippen LogP contribution in [0.15, 0.2) is 35.2 Å². The average molecular weight is 436 g/mol. The normalized spacial score (nSPS) is 12.1. The molecule has 1 aromatic carbocycles. The fourth-order valence-electron chi connectivity index (χ4n) is 3.87. The van der Waals surface area contributed by atoms with Crippen LogP contribution in [0.2, 0.25) is 0 Å². The SMILES string of the molecule is CNC(=O)c1nn(-c2ccsc2)c2c1COc1cc(OC)c(-c3cnc(C)n3C)cc1-2. The van der Waals surface area contributed by atoms with E-state index in [4.69, 9.17) is 9.47 Å². The van der Waals surface area contributed by atoms with Crippen LogP contribution in [0.25, 0.3) is 28.2 Å². The summed E-state index contributed by atoms with van der Waals surface area (Å²) in [4.78, 5) is 17.0. The molecule has 0 saturated carbocycles. The molecule has 9 heteroatoms. The fraction of sp³-hybridized carbons (Fsp3) is 0.227. The average Bonchev–Trinajstić information content (AvgIpc) is 3.52. The Labute approximate surface area is 183 Å². The van der Waals surface area contributed by atoms with E-state index in [1.54, 1.807) is 25.5 Å². The van der Waals surface area contributed by atoms with Gasteiger partial charge in [0.25, 0.3) is 5.91 Å². The number of hydrogen-bond acceptors (Lipinski definition) is 6. The summed E-state index contributed by atoms with van der Waals surface area (Å²) in [6.07, 6.45) is 1.83. The first-order valence-electron chi connectivity index (χ1n) is 9.74. The Morgan fingerprint density at radius 2 is 2.16 bits per heavy atom. The number of rotatable bonds is 4. The number of nitrogens with one attached hydrogen (secondary N) is 1. The standard InChI is InChI=1S/C22H21N5O3S/c1-12-24-9-17(26(12)3)14-7-15-19(8-18(14)29-4)30-10-16-20(22(28)23-2)25-27(21(15)16)13-5-6-31-11-13/h5-9,11H,10H2,1-4H3,(H,23,28). The van der Waals surface area contributed by atoms with E-state index in [1.807, 2.05) is 58.4 Å². The number of carbonyl (C=O) groups is 1. The number of nitrogens with zero attached hydrogens (tertiary/aromatic N) is 4. The number of fused-ring (bicyclic) bond motifs is 3. The van der Waals surface area contributed by atoms with Crippen LogP contribution in [-0.4, -0.2) is 39.4 Å². The van der Waals surface area contributed by atoms with Crippen molar-refractivity contribution in [3.05, 3.63) is 52.2 Å². The molecular weight excluding hydrogens is 414 g/mol. The number of ether oxygens (including phenoxy) is 2. The first-order chi connectivity index (χ1) is 15.0. The van der Waals surface area contributed by atoms with Crippen LogP contribution in [0, 0.1) is 6.92 Å². The van der Waals surface area contributed by atoms with Crippen molar-refractivity contribution in [1.29, 1.82) is 0 Å². The van der Waals surface area contributed by atoms with Crippen LogP contribution in [0.4, 0.5) is 0 Å². The van der Waals surface area contributed by atoms with Gasteiger partial charge in [0.15, 0.2) is 5.69 Å². The quantitative estimate of drug-likeness (QED) is 0.530. The third-order valence-corrected chi connectivity index (χ3v) is 6.27. The molecule has 158 valence electrons. The third kappa shape index (κ3) is 2.92. The summed E-state index contributed by atoms with van der Waals surface area (Å²) in [6.45, 7) is 2.21. The smallest absolute Gasteiger partial charge is 0.271 e. The zero-order valence-corrected chi connectivity index (χ0v) is 18.4. The Morgan fingerprint density at radius 3 is 2.81 bits per heavy atom. The first kappa shape index (κ1) is 19.4. The number of methoxy groups -OCH3 is 1. The largest absolute Gasteiger partial charge is 0.496 e. The van der Waals surface area contributed by atoms with Crippen LogP contribution >= 0.6 is 11.3 Å². The molecule has 3 aromatic heterocycles. The topological polar surface area (TPSA) is 83.2 Å². The minimum absolute atomic E-state index is 0.242. The Kier molecular flexibility index (Phi) is 4.55. The lowest BCUT2D eigenvalue weighted by molar-refractivity contribution is 0.0955. The Bertz CT molecular complexity index is 1300. The van der Waals surface area contributed by atoms with E-state index in [9.17, 15) is 4.79 Å². The van der Waals surface area contributed by atoms with E-state index in [2.05, 4.69) is 15.4 Å². The molecule has 31 heavy (non-hydrogen) atoms. The molecule has 0 radical (unpaired) electrons. The molecular formula is C22H21N5O3S. The Morgan fingerprint density at radius 1 is 1.32 bits per heavy atom. The molecule has 0 bridgehead atoms. The predicted molar refractivity (Wildman–Crippen MR) is 118 cm³/mol. The van der Waals surface area contributed by atoms with Crippen molar-refractivity contribution in [3.8, 4) is 39.7 Å². The summed E-state index contributed by atoms with van der Waals surface area (Å²) in [5.41, 5.74) is 5.54. The van der Waals surface area contributed by atoms with E-state index in [0.717, 1.165) is 39.6 Å². The molecule has 1 amide bonds. The Balaban J connectivity index is 1.80. The molecule has 1 aliphatic heterocycles. The number of aryl methyl sites for hydroxylation is 1. The lowest BCUT2D eigenvalue weighted by atomic mass is 9.98. The number of benzene rings is 1. The maximum Gasteiger partial charge on any atom is 0.271 e. The third-order valence-electron chi connectivity index (χ3n) is 5.60. The van der Waals surface area contributed by atoms with Gasteiger partial charge in [-0.1, -0.05) is 0 Å². The highest BCUT2D eigenvalue weighted by molar-refractivity contribution is 7.08. The zero-order valence-electron chi connectivity index (χ0n) is 17.6. The molecule has 0 unspecified atom stereocenters. The van der Waals surface area contributed by atoms with E-state index in [0.29, 0.717) is 17.2 Å². The predicted octanol–water partition coefficient (Wildman–Crippen LogP) is 3.57. The van der Waals surface area contributed by atoms with Crippen molar-refractivity contribution in [3.63, 3.8) is 0 Å². The second-order valence-corrected chi connectivity index (χ2v) is 8.02. The molecule has 1 N–H and O–H groups in total. The summed E-state index contributed by atoms with van der Waals surface area (Å²) >= 11 is 1.58. The molecule has 4 aromatic rings. The minimum Gasteiger partial charge on any atom is -0.496 e. The number of amides is 1. The van der Waals surface area contributed by atoms with E-state index < -0.39 is 0 Å². The van der Waals surface area contributed by atoms with Gasteiger partial charge in [0, 0.05) is 42.2 Å². The van der Waals surface area contributed by atoms with Gasteiger partial charge in [0.2, 0.25) is 0 Å². The highest BCUT2D eigenvalue weighted by Crippen LogP contribution is 2.46. The number of hydrogen-bond donors (Lipinski definition) is 1. The van der Waals surface area contributed by atoms with Crippen molar-refractivity contribution in [2.24, 2.45) is 7.05 Å². The molecule has 5 rings (SSSR count). The van der Waals surface area contributed by atoms with Crippen LogP contribution in [0.3, 0.4) is 0 Å². The molecule has 0 saturated heterocycles. The van der Waals surface area contributed by atoms with Gasteiger partial charge < -0.3 is 19.4 Å². The fourth-order valence-corrected chi connectivity index (χ4v) is 4.48. The van der Waals surface area contributed by atoms with Crippen molar-refractivity contribution in [1.82, 2.24) is 24.6 Å². The van der Waals surface area contributed by atoms with Crippen molar-refractivity contribution in [2.75, 3.05) is 14.2 Å². The molecule has 0 spiro atoms. The van der Waals surface area contributed by atoms with E-state index >= 15 is 0 Å². The minimum atomic E-state index is -0.242. The maximum atomic E-state index is 12.5. The maximum absolute atomic E-state index is 12.5. The monoisotopic (exact) mass is 435 g/mol. The van der Waals surface area contributed by atoms with Crippen molar-refractivity contribution in [2.45, 2.75) is 13.5 Å². The van der Waals surface area contributed by atoms with Gasteiger partial charge in [-0.25, -0.2) is 9.67 Å². The van der Waals surface area contributed by atoms with Gasteiger partial charge >= 0.3 is 0 Å². The number of carbonyl (C=O) groups excluding carboxylic acids is 1. The number of aromatic nitrogens is 4. The lowest BCUT2D eigenvalue weighted by Crippen LogP contribution is -2.21. The Hall–Kier alpha value is -3.59. The van der Waals surface area contributed by atoms with Crippen LogP contribution in [0.1, 0.15) is 21.9 Å². The summed E-state index contributed by atoms with van der Waals surface area (Å²) in [6, 6.07) is 5.90. The van der Waals surface area contributed by atoms with Crippen LogP contribution in [0.5, 0.6) is 11.5 Å². The van der Waals surface area contributed by atoms with E-state index in [1.165, 1.54) is 0 Å². The molecule has 0 aliphatic carbocycles. The molecule has 1 aliphatic rings. The van der Waals surface area contributed by atoms with Gasteiger partial charge in [-0.2, -0.15) is 16.4 Å². The van der Waals surface area contributed by atoms with Gasteiger partial charge in [-0.05, 0) is 24.4 Å². The van der Waals surface area contributed by atoms with Crippen molar-refractivity contribution < 1.29 is 14.3 Å². The van der Waals surface area contributed by atoms with Crippen LogP contribution in [-0.2, 0) is 13.7 Å². The summed E-state index contributed by atoms with van der Waals surface area (Å²) in [5, 5.41) is 11.3. The molecule has 0 fully saturated rings. The highest BCUT2D eigenvalue weighted by Gasteiger charge is 2.31. The van der Waals surface area contributed by atoms with Gasteiger partial charge in [0.1, 0.15) is 23.9 Å². The lowest BCUT2D eigenvalue weighted by Gasteiger charge is -2.22. The molecule has 0 atom stereocenters. The highest BCUT2D eigenvalue weighted by atomic mass is 32.1. The first-order valence-corrected chi connectivity index (χ1v) is 10.7. The molecule has 8 nitrogen and oxygen atoms in total. The van der Waals surface area contributed by atoms with Gasteiger partial charge in [0.05, 0.1) is 30.4 Å². The number of thiophene rings is 1. The van der Waals surface area contributed by atoms with E-state index in [-0.39, 0.29) is 12.5 Å². The summed E-state index contributed by atoms with van der Waals surface area (Å²) < 4.78 is 15.6. The zero-order chi connectivity index (χ0) is 21.7. The van der Waals surface area contributed by atoms with Gasteiger partial charge in [-0.15, -0.1) is 0 Å². The number of imidazole rings is 1. The molecule has 4 heterocycles. The summed E-state index contributed by atoms with van der Waals surface area (Å²) in [5.74, 6) is 2.04. The second kappa shape index (κ2) is 7.28. The van der Waals surface area contributed by atoms with Crippen LogP contribution < -0.4 is 14.8 Å².